The van der Waals surface area contributed by atoms with E-state index in [1.165, 1.54) is 35.6 Å². The summed E-state index contributed by atoms with van der Waals surface area (Å²) in [4.78, 5) is 27.8. The van der Waals surface area contributed by atoms with Crippen LogP contribution in [0.5, 0.6) is 0 Å². The zero-order valence-corrected chi connectivity index (χ0v) is 17.9. The highest BCUT2D eigenvalue weighted by Gasteiger charge is 2.10. The molecule has 7 nitrogen and oxygen atoms in total. The highest BCUT2D eigenvalue weighted by atomic mass is 32.1. The number of rotatable bonds is 7. The molecule has 3 aromatic rings. The molecule has 0 radical (unpaired) electrons. The number of carbonyl (C=O) groups excluding carboxylic acids is 1. The van der Waals surface area contributed by atoms with Crippen LogP contribution in [0.3, 0.4) is 0 Å². The summed E-state index contributed by atoms with van der Waals surface area (Å²) >= 11 is 1.47. The molecule has 0 saturated carbocycles. The van der Waals surface area contributed by atoms with Gasteiger partial charge in [0.15, 0.2) is 4.80 Å². The van der Waals surface area contributed by atoms with Crippen LogP contribution in [-0.4, -0.2) is 28.6 Å². The van der Waals surface area contributed by atoms with Gasteiger partial charge in [-0.05, 0) is 49.6 Å². The van der Waals surface area contributed by atoms with Gasteiger partial charge in [0.25, 0.3) is 11.6 Å². The van der Waals surface area contributed by atoms with E-state index in [1.54, 1.807) is 12.1 Å². The minimum absolute atomic E-state index is 0.0225. The molecule has 0 bridgehead atoms. The maximum absolute atomic E-state index is 12.5. The molecule has 30 heavy (non-hydrogen) atoms. The molecule has 0 aliphatic carbocycles. The van der Waals surface area contributed by atoms with Crippen LogP contribution >= 0.6 is 11.3 Å². The van der Waals surface area contributed by atoms with E-state index < -0.39 is 10.8 Å². The fraction of sp³-hybridized carbons (Fsp3) is 0.273. The van der Waals surface area contributed by atoms with Crippen molar-refractivity contribution in [3.63, 3.8) is 0 Å². The van der Waals surface area contributed by atoms with E-state index in [2.05, 4.69) is 17.1 Å². The maximum Gasteiger partial charge on any atom is 0.272 e. The summed E-state index contributed by atoms with van der Waals surface area (Å²) in [6.07, 6.45) is 2.86. The molecule has 1 heterocycles. The van der Waals surface area contributed by atoms with Crippen LogP contribution in [-0.2, 0) is 16.1 Å². The second kappa shape index (κ2) is 9.60. The fourth-order valence-electron chi connectivity index (χ4n) is 3.16. The lowest BCUT2D eigenvalue weighted by atomic mass is 10.1. The molecule has 0 fully saturated rings. The number of hydrogen-bond acceptors (Lipinski definition) is 5. The molecule has 0 spiro atoms. The predicted octanol–water partition coefficient (Wildman–Crippen LogP) is 4.41. The van der Waals surface area contributed by atoms with E-state index in [0.29, 0.717) is 30.1 Å². The van der Waals surface area contributed by atoms with Gasteiger partial charge in [-0.2, -0.15) is 4.99 Å². The average Bonchev–Trinajstić information content (AvgIpc) is 3.04. The van der Waals surface area contributed by atoms with E-state index >= 15 is 0 Å². The van der Waals surface area contributed by atoms with E-state index in [1.807, 2.05) is 25.3 Å². The third kappa shape index (κ3) is 5.08. The van der Waals surface area contributed by atoms with Crippen molar-refractivity contribution in [3.05, 3.63) is 74.1 Å². The van der Waals surface area contributed by atoms with E-state index in [9.17, 15) is 14.9 Å². The third-order valence-electron chi connectivity index (χ3n) is 4.48. The zero-order chi connectivity index (χ0) is 21.7. The number of nitro groups is 1. The Labute approximate surface area is 178 Å². The number of thiazole rings is 1. The highest BCUT2D eigenvalue weighted by Crippen LogP contribution is 2.23. The Kier molecular flexibility index (Phi) is 6.91. The number of carbonyl (C=O) groups is 1. The number of fused-ring (bicyclic) bond motifs is 1. The molecule has 156 valence electrons. The number of benzene rings is 2. The molecule has 1 amide bonds. The molecule has 0 aliphatic rings. The first kappa shape index (κ1) is 21.6. The van der Waals surface area contributed by atoms with E-state index in [-0.39, 0.29) is 5.69 Å². The van der Waals surface area contributed by atoms with Gasteiger partial charge in [0.2, 0.25) is 0 Å². The van der Waals surface area contributed by atoms with Crippen LogP contribution in [0, 0.1) is 24.0 Å². The molecule has 0 N–H and O–H groups in total. The Balaban J connectivity index is 1.96. The maximum atomic E-state index is 12.5. The van der Waals surface area contributed by atoms with Gasteiger partial charge in [0.05, 0.1) is 21.7 Å². The predicted molar refractivity (Wildman–Crippen MR) is 118 cm³/mol. The van der Waals surface area contributed by atoms with Crippen LogP contribution in [0.1, 0.15) is 23.6 Å². The van der Waals surface area contributed by atoms with Crippen LogP contribution in [0.15, 0.2) is 47.5 Å². The Hall–Kier alpha value is -3.10. The molecule has 1 aromatic heterocycles. The lowest BCUT2D eigenvalue weighted by molar-refractivity contribution is -0.384. The molecule has 0 unspecified atom stereocenters. The SMILES string of the molecule is CCOCCn1c(=NC(=O)/C=C/c2cccc([N+](=O)[O-])c2)sc2c(C)cc(C)cc21. The summed E-state index contributed by atoms with van der Waals surface area (Å²) in [5, 5.41) is 10.9. The van der Waals surface area contributed by atoms with Crippen molar-refractivity contribution in [2.75, 3.05) is 13.2 Å². The first-order valence-corrected chi connectivity index (χ1v) is 10.4. The highest BCUT2D eigenvalue weighted by molar-refractivity contribution is 7.16. The number of nitro benzene ring substituents is 1. The summed E-state index contributed by atoms with van der Waals surface area (Å²) in [7, 11) is 0. The van der Waals surface area contributed by atoms with Gasteiger partial charge in [-0.1, -0.05) is 29.5 Å². The second-order valence-corrected chi connectivity index (χ2v) is 7.78. The van der Waals surface area contributed by atoms with E-state index in [4.69, 9.17) is 4.74 Å². The number of non-ortho nitro benzene ring substituents is 1. The number of hydrogen-bond donors (Lipinski definition) is 0. The summed E-state index contributed by atoms with van der Waals surface area (Å²) in [5.41, 5.74) is 3.87. The molecular weight excluding hydrogens is 402 g/mol. The van der Waals surface area contributed by atoms with Crippen molar-refractivity contribution in [3.8, 4) is 0 Å². The second-order valence-electron chi connectivity index (χ2n) is 6.80. The third-order valence-corrected chi connectivity index (χ3v) is 5.71. The number of ether oxygens (including phenoxy) is 1. The summed E-state index contributed by atoms with van der Waals surface area (Å²) in [5.74, 6) is -0.424. The lowest BCUT2D eigenvalue weighted by Gasteiger charge is -2.06. The largest absolute Gasteiger partial charge is 0.380 e. The van der Waals surface area contributed by atoms with Gasteiger partial charge < -0.3 is 9.30 Å². The average molecular weight is 426 g/mol. The summed E-state index contributed by atoms with van der Waals surface area (Å²) in [6.45, 7) is 7.78. The number of amides is 1. The first-order chi connectivity index (χ1) is 14.4. The van der Waals surface area contributed by atoms with Gasteiger partial charge in [-0.25, -0.2) is 0 Å². The van der Waals surface area contributed by atoms with Crippen LogP contribution < -0.4 is 4.80 Å². The molecule has 0 saturated heterocycles. The minimum Gasteiger partial charge on any atom is -0.380 e. The molecule has 0 atom stereocenters. The van der Waals surface area contributed by atoms with Crippen molar-refractivity contribution in [1.29, 1.82) is 0 Å². The van der Waals surface area contributed by atoms with Gasteiger partial charge in [0.1, 0.15) is 0 Å². The van der Waals surface area contributed by atoms with Crippen LogP contribution in [0.4, 0.5) is 5.69 Å². The van der Waals surface area contributed by atoms with Gasteiger partial charge in [-0.15, -0.1) is 0 Å². The molecule has 3 rings (SSSR count). The van der Waals surface area contributed by atoms with Crippen molar-refractivity contribution in [1.82, 2.24) is 4.57 Å². The molecule has 8 heteroatoms. The Morgan fingerprint density at radius 3 is 2.83 bits per heavy atom. The first-order valence-electron chi connectivity index (χ1n) is 9.58. The Morgan fingerprint density at radius 2 is 2.10 bits per heavy atom. The summed E-state index contributed by atoms with van der Waals surface area (Å²) in [6, 6.07) is 10.3. The fourth-order valence-corrected chi connectivity index (χ4v) is 4.27. The van der Waals surface area contributed by atoms with Crippen molar-refractivity contribution < 1.29 is 14.5 Å². The molecule has 0 aliphatic heterocycles. The monoisotopic (exact) mass is 425 g/mol. The summed E-state index contributed by atoms with van der Waals surface area (Å²) < 4.78 is 8.60. The Morgan fingerprint density at radius 1 is 1.30 bits per heavy atom. The quantitative estimate of drug-likeness (QED) is 0.243. The number of aryl methyl sites for hydroxylation is 2. The smallest absolute Gasteiger partial charge is 0.272 e. The van der Waals surface area contributed by atoms with E-state index in [0.717, 1.165) is 21.3 Å². The Bertz CT molecular complexity index is 1190. The zero-order valence-electron chi connectivity index (χ0n) is 17.1. The van der Waals surface area contributed by atoms with Gasteiger partial charge in [0, 0.05) is 31.4 Å². The molecular formula is C22H23N3O4S. The van der Waals surface area contributed by atoms with Crippen molar-refractivity contribution in [2.45, 2.75) is 27.3 Å². The number of nitrogens with zero attached hydrogens (tertiary/aromatic N) is 3. The van der Waals surface area contributed by atoms with Gasteiger partial charge >= 0.3 is 0 Å². The van der Waals surface area contributed by atoms with Gasteiger partial charge in [-0.3, -0.25) is 14.9 Å². The number of aromatic nitrogens is 1. The van der Waals surface area contributed by atoms with Crippen molar-refractivity contribution in [2.24, 2.45) is 4.99 Å². The molecule has 2 aromatic carbocycles. The normalized spacial score (nSPS) is 12.2. The van der Waals surface area contributed by atoms with Crippen LogP contribution in [0.25, 0.3) is 16.3 Å². The van der Waals surface area contributed by atoms with Crippen molar-refractivity contribution >= 4 is 39.2 Å². The minimum atomic E-state index is -0.466. The lowest BCUT2D eigenvalue weighted by Crippen LogP contribution is -2.19. The van der Waals surface area contributed by atoms with Crippen LogP contribution in [0.2, 0.25) is 0 Å². The standard InChI is InChI=1S/C22H23N3O4S/c1-4-29-11-10-24-19-13-15(2)12-16(3)21(19)30-22(24)23-20(26)9-8-17-6-5-7-18(14-17)25(27)28/h5-9,12-14H,4,10-11H2,1-3H3/b9-8+,23-22?. The topological polar surface area (TPSA) is 86.7 Å².